The summed E-state index contributed by atoms with van der Waals surface area (Å²) in [5, 5.41) is 9.69. The number of Topliss-reactive ketones (excluding diaryl/α,β-unsaturated/α-hetero) is 1. The summed E-state index contributed by atoms with van der Waals surface area (Å²) in [6.07, 6.45) is 3.85. The second-order valence-electron chi connectivity index (χ2n) is 3.97. The van der Waals surface area contributed by atoms with Gasteiger partial charge in [-0.2, -0.15) is 0 Å². The highest BCUT2D eigenvalue weighted by molar-refractivity contribution is 5.85. The average Bonchev–Trinajstić information content (AvgIpc) is 2.09. The first-order chi connectivity index (χ1) is 5.61. The third kappa shape index (κ3) is 1.53. The lowest BCUT2D eigenvalue weighted by atomic mass is 9.70. The van der Waals surface area contributed by atoms with Crippen molar-refractivity contribution in [2.45, 2.75) is 52.1 Å². The van der Waals surface area contributed by atoms with E-state index in [1.165, 1.54) is 0 Å². The van der Waals surface area contributed by atoms with Crippen molar-refractivity contribution in [2.75, 3.05) is 0 Å². The zero-order valence-corrected chi connectivity index (χ0v) is 7.97. The Morgan fingerprint density at radius 2 is 2.25 bits per heavy atom. The van der Waals surface area contributed by atoms with Crippen molar-refractivity contribution in [3.63, 3.8) is 0 Å². The lowest BCUT2D eigenvalue weighted by Gasteiger charge is -2.35. The fourth-order valence-corrected chi connectivity index (χ4v) is 2.01. The van der Waals surface area contributed by atoms with E-state index in [9.17, 15) is 9.90 Å². The number of aliphatic hydroxyl groups excluding tert-OH is 1. The molecule has 1 aliphatic carbocycles. The Balaban J connectivity index is 2.72. The van der Waals surface area contributed by atoms with Crippen molar-refractivity contribution in [3.8, 4) is 0 Å². The van der Waals surface area contributed by atoms with Crippen LogP contribution in [0.1, 0.15) is 46.0 Å². The maximum Gasteiger partial charge on any atom is 0.141 e. The number of hydrogen-bond donors (Lipinski definition) is 1. The molecule has 1 saturated carbocycles. The van der Waals surface area contributed by atoms with Gasteiger partial charge < -0.3 is 5.11 Å². The minimum absolute atomic E-state index is 0.253. The molecule has 0 aromatic rings. The largest absolute Gasteiger partial charge is 0.392 e. The summed E-state index contributed by atoms with van der Waals surface area (Å²) in [5.41, 5.74) is -0.438. The van der Waals surface area contributed by atoms with Crippen LogP contribution in [0.3, 0.4) is 0 Å². The Hall–Kier alpha value is -0.370. The minimum Gasteiger partial charge on any atom is -0.392 e. The summed E-state index contributed by atoms with van der Waals surface area (Å²) in [7, 11) is 0. The van der Waals surface area contributed by atoms with Crippen LogP contribution < -0.4 is 0 Å². The van der Waals surface area contributed by atoms with E-state index in [4.69, 9.17) is 0 Å². The molecule has 1 aliphatic rings. The molecule has 2 heteroatoms. The Labute approximate surface area is 74.0 Å². The van der Waals surface area contributed by atoms with Crippen LogP contribution in [0.5, 0.6) is 0 Å². The van der Waals surface area contributed by atoms with Gasteiger partial charge in [0.15, 0.2) is 0 Å². The number of carbonyl (C=O) groups is 1. The molecule has 0 amide bonds. The monoisotopic (exact) mass is 170 g/mol. The van der Waals surface area contributed by atoms with E-state index < -0.39 is 11.5 Å². The molecule has 0 aliphatic heterocycles. The van der Waals surface area contributed by atoms with Crippen LogP contribution >= 0.6 is 0 Å². The molecule has 0 radical (unpaired) electrons. The highest BCUT2D eigenvalue weighted by Gasteiger charge is 2.40. The Bertz CT molecular complexity index is 177. The fourth-order valence-electron chi connectivity index (χ4n) is 2.01. The topological polar surface area (TPSA) is 37.3 Å². The van der Waals surface area contributed by atoms with Crippen molar-refractivity contribution >= 4 is 5.78 Å². The van der Waals surface area contributed by atoms with Gasteiger partial charge in [0.25, 0.3) is 0 Å². The molecule has 0 aromatic heterocycles. The van der Waals surface area contributed by atoms with Crippen molar-refractivity contribution < 1.29 is 9.90 Å². The van der Waals surface area contributed by atoms with E-state index in [0.717, 1.165) is 19.3 Å². The highest BCUT2D eigenvalue weighted by Crippen LogP contribution is 2.36. The summed E-state index contributed by atoms with van der Waals surface area (Å²) >= 11 is 0. The van der Waals surface area contributed by atoms with Gasteiger partial charge in [-0.3, -0.25) is 4.79 Å². The molecule has 0 aromatic carbocycles. The van der Waals surface area contributed by atoms with E-state index in [1.54, 1.807) is 0 Å². The van der Waals surface area contributed by atoms with E-state index in [0.29, 0.717) is 12.8 Å². The molecule has 2 nitrogen and oxygen atoms in total. The first-order valence-corrected chi connectivity index (χ1v) is 4.82. The van der Waals surface area contributed by atoms with Crippen LogP contribution in [0.15, 0.2) is 0 Å². The van der Waals surface area contributed by atoms with Crippen LogP contribution in [0.4, 0.5) is 0 Å². The molecule has 12 heavy (non-hydrogen) atoms. The quantitative estimate of drug-likeness (QED) is 0.687. The smallest absolute Gasteiger partial charge is 0.141 e. The standard InChI is InChI=1S/C10H18O2/c1-3-8(11)10(2)7-5-4-6-9(10)12/h8,11H,3-7H2,1-2H3. The molecule has 0 saturated heterocycles. The molecule has 2 atom stereocenters. The van der Waals surface area contributed by atoms with Gasteiger partial charge in [0.2, 0.25) is 0 Å². The van der Waals surface area contributed by atoms with Gasteiger partial charge in [0, 0.05) is 6.42 Å². The number of carbonyl (C=O) groups excluding carboxylic acids is 1. The van der Waals surface area contributed by atoms with E-state index in [2.05, 4.69) is 0 Å². The molecular weight excluding hydrogens is 152 g/mol. The maximum atomic E-state index is 11.6. The fraction of sp³-hybridized carbons (Fsp3) is 0.900. The van der Waals surface area contributed by atoms with Crippen LogP contribution in [0.2, 0.25) is 0 Å². The van der Waals surface area contributed by atoms with Gasteiger partial charge in [-0.15, -0.1) is 0 Å². The highest BCUT2D eigenvalue weighted by atomic mass is 16.3. The van der Waals surface area contributed by atoms with Crippen LogP contribution in [-0.4, -0.2) is 17.0 Å². The molecule has 2 unspecified atom stereocenters. The summed E-state index contributed by atoms with van der Waals surface area (Å²) in [6.45, 7) is 3.83. The predicted octanol–water partition coefficient (Wildman–Crippen LogP) is 1.91. The first kappa shape index (κ1) is 9.72. The van der Waals surface area contributed by atoms with Crippen molar-refractivity contribution in [3.05, 3.63) is 0 Å². The van der Waals surface area contributed by atoms with Gasteiger partial charge in [-0.05, 0) is 19.3 Å². The number of aliphatic hydroxyl groups is 1. The second kappa shape index (κ2) is 3.56. The first-order valence-electron chi connectivity index (χ1n) is 4.82. The lowest BCUT2D eigenvalue weighted by Crippen LogP contribution is -2.41. The SMILES string of the molecule is CCC(O)C1(C)CCCCC1=O. The zero-order chi connectivity index (χ0) is 9.19. The molecule has 0 spiro atoms. The molecule has 70 valence electrons. The molecule has 1 N–H and O–H groups in total. The van der Waals surface area contributed by atoms with E-state index >= 15 is 0 Å². The average molecular weight is 170 g/mol. The van der Waals surface area contributed by atoms with Gasteiger partial charge >= 0.3 is 0 Å². The third-order valence-corrected chi connectivity index (χ3v) is 3.11. The van der Waals surface area contributed by atoms with Crippen molar-refractivity contribution in [1.29, 1.82) is 0 Å². The molecule has 1 fully saturated rings. The van der Waals surface area contributed by atoms with Gasteiger partial charge in [0.05, 0.1) is 11.5 Å². The lowest BCUT2D eigenvalue weighted by molar-refractivity contribution is -0.137. The van der Waals surface area contributed by atoms with Crippen molar-refractivity contribution in [1.82, 2.24) is 0 Å². The Kier molecular flexibility index (Phi) is 2.89. The molecule has 1 rings (SSSR count). The summed E-state index contributed by atoms with van der Waals surface area (Å²) in [5.74, 6) is 0.253. The Morgan fingerprint density at radius 3 is 2.75 bits per heavy atom. The predicted molar refractivity (Wildman–Crippen MR) is 47.9 cm³/mol. The van der Waals surface area contributed by atoms with Crippen LogP contribution in [0, 0.1) is 5.41 Å². The van der Waals surface area contributed by atoms with Crippen molar-refractivity contribution in [2.24, 2.45) is 5.41 Å². The second-order valence-corrected chi connectivity index (χ2v) is 3.97. The van der Waals surface area contributed by atoms with E-state index in [-0.39, 0.29) is 5.78 Å². The van der Waals surface area contributed by atoms with Gasteiger partial charge in [-0.1, -0.05) is 20.3 Å². The summed E-state index contributed by atoms with van der Waals surface area (Å²) in [6, 6.07) is 0. The summed E-state index contributed by atoms with van der Waals surface area (Å²) < 4.78 is 0. The van der Waals surface area contributed by atoms with E-state index in [1.807, 2.05) is 13.8 Å². The number of rotatable bonds is 2. The van der Waals surface area contributed by atoms with Crippen LogP contribution in [-0.2, 0) is 4.79 Å². The minimum atomic E-state index is -0.440. The molecule has 0 bridgehead atoms. The molecule has 0 heterocycles. The van der Waals surface area contributed by atoms with Gasteiger partial charge in [0.1, 0.15) is 5.78 Å². The Morgan fingerprint density at radius 1 is 1.58 bits per heavy atom. The normalized spacial score (nSPS) is 33.4. The third-order valence-electron chi connectivity index (χ3n) is 3.11. The zero-order valence-electron chi connectivity index (χ0n) is 7.97. The van der Waals surface area contributed by atoms with Crippen LogP contribution in [0.25, 0.3) is 0 Å². The molecular formula is C10H18O2. The summed E-state index contributed by atoms with van der Waals surface area (Å²) in [4.78, 5) is 11.6. The number of hydrogen-bond acceptors (Lipinski definition) is 2. The van der Waals surface area contributed by atoms with Gasteiger partial charge in [-0.25, -0.2) is 0 Å². The maximum absolute atomic E-state index is 11.6. The number of ketones is 1.